The summed E-state index contributed by atoms with van der Waals surface area (Å²) in [6.45, 7) is 0. The van der Waals surface area contributed by atoms with Gasteiger partial charge in [-0.2, -0.15) is 5.26 Å². The molecule has 0 radical (unpaired) electrons. The zero-order chi connectivity index (χ0) is 17.0. The molecule has 0 unspecified atom stereocenters. The third kappa shape index (κ3) is 3.80. The summed E-state index contributed by atoms with van der Waals surface area (Å²) in [4.78, 5) is 11.3. The van der Waals surface area contributed by atoms with Gasteiger partial charge in [0, 0.05) is 0 Å². The number of benzene rings is 2. The van der Waals surface area contributed by atoms with E-state index in [1.54, 1.807) is 12.1 Å². The van der Waals surface area contributed by atoms with Gasteiger partial charge < -0.3 is 4.74 Å². The molecule has 0 amide bonds. The van der Waals surface area contributed by atoms with E-state index >= 15 is 0 Å². The summed E-state index contributed by atoms with van der Waals surface area (Å²) in [5.74, 6) is -0.676. The van der Waals surface area contributed by atoms with Crippen LogP contribution in [0.3, 0.4) is 0 Å². The number of anilines is 1. The van der Waals surface area contributed by atoms with Crippen molar-refractivity contribution in [3.63, 3.8) is 0 Å². The van der Waals surface area contributed by atoms with E-state index in [0.29, 0.717) is 5.56 Å². The Balaban J connectivity index is 2.43. The molecule has 2 aromatic carbocycles. The van der Waals surface area contributed by atoms with Gasteiger partial charge in [-0.15, -0.1) is 0 Å². The van der Waals surface area contributed by atoms with Gasteiger partial charge in [-0.05, 0) is 36.4 Å². The number of nitrogens with one attached hydrogen (secondary N) is 1. The topological polar surface area (TPSA) is 96.3 Å². The molecule has 0 fully saturated rings. The third-order valence-electron chi connectivity index (χ3n) is 2.89. The lowest BCUT2D eigenvalue weighted by Gasteiger charge is -2.11. The van der Waals surface area contributed by atoms with Gasteiger partial charge in [-0.1, -0.05) is 17.7 Å². The summed E-state index contributed by atoms with van der Waals surface area (Å²) < 4.78 is 31.8. The molecule has 2 aromatic rings. The Hall–Kier alpha value is -2.56. The fourth-order valence-corrected chi connectivity index (χ4v) is 3.39. The second kappa shape index (κ2) is 6.69. The van der Waals surface area contributed by atoms with Crippen molar-refractivity contribution in [2.45, 2.75) is 4.90 Å². The van der Waals surface area contributed by atoms with E-state index in [2.05, 4.69) is 9.46 Å². The van der Waals surface area contributed by atoms with Crippen LogP contribution in [-0.2, 0) is 14.8 Å². The Bertz CT molecular complexity index is 904. The number of esters is 1. The Morgan fingerprint density at radius 3 is 2.65 bits per heavy atom. The molecule has 0 bridgehead atoms. The van der Waals surface area contributed by atoms with Crippen molar-refractivity contribution in [2.24, 2.45) is 0 Å². The minimum absolute atomic E-state index is 0.0402. The van der Waals surface area contributed by atoms with Crippen molar-refractivity contribution in [2.75, 3.05) is 11.8 Å². The molecule has 0 aliphatic heterocycles. The van der Waals surface area contributed by atoms with Crippen molar-refractivity contribution in [3.05, 3.63) is 58.6 Å². The molecule has 1 N–H and O–H groups in total. The number of hydrogen-bond donors (Lipinski definition) is 1. The zero-order valence-corrected chi connectivity index (χ0v) is 13.5. The SMILES string of the molecule is COC(=O)c1ccc(Cl)c(S(=O)(=O)Nc2cccc(C#N)c2)c1. The number of rotatable bonds is 4. The number of carbonyl (C=O) groups is 1. The van der Waals surface area contributed by atoms with E-state index in [4.69, 9.17) is 16.9 Å². The first-order valence-electron chi connectivity index (χ1n) is 6.28. The molecule has 118 valence electrons. The lowest BCUT2D eigenvalue weighted by Crippen LogP contribution is -2.14. The minimum Gasteiger partial charge on any atom is -0.465 e. The molecule has 0 heterocycles. The summed E-state index contributed by atoms with van der Waals surface area (Å²) in [5, 5.41) is 8.81. The molecule has 8 heteroatoms. The van der Waals surface area contributed by atoms with Crippen LogP contribution in [0, 0.1) is 11.3 Å². The van der Waals surface area contributed by atoms with Gasteiger partial charge in [0.2, 0.25) is 0 Å². The average molecular weight is 351 g/mol. The van der Waals surface area contributed by atoms with Crippen molar-refractivity contribution in [1.82, 2.24) is 0 Å². The quantitative estimate of drug-likeness (QED) is 0.855. The van der Waals surface area contributed by atoms with Crippen LogP contribution in [0.5, 0.6) is 0 Å². The van der Waals surface area contributed by atoms with Crippen LogP contribution < -0.4 is 4.72 Å². The van der Waals surface area contributed by atoms with Gasteiger partial charge in [0.15, 0.2) is 0 Å². The van der Waals surface area contributed by atoms with E-state index in [-0.39, 0.29) is 21.2 Å². The fraction of sp³-hybridized carbons (Fsp3) is 0.0667. The molecule has 6 nitrogen and oxygen atoms in total. The molecule has 0 atom stereocenters. The first-order chi connectivity index (χ1) is 10.9. The standard InChI is InChI=1S/C15H11ClN2O4S/c1-22-15(19)11-5-6-13(16)14(8-11)23(20,21)18-12-4-2-3-10(7-12)9-17/h2-8,18H,1H3. The van der Waals surface area contributed by atoms with Gasteiger partial charge >= 0.3 is 5.97 Å². The summed E-state index contributed by atoms with van der Waals surface area (Å²) in [7, 11) is -2.84. The minimum atomic E-state index is -4.03. The van der Waals surface area contributed by atoms with Crippen molar-refractivity contribution in [1.29, 1.82) is 5.26 Å². The van der Waals surface area contributed by atoms with Crippen molar-refractivity contribution in [3.8, 4) is 6.07 Å². The number of carbonyl (C=O) groups excluding carboxylic acids is 1. The van der Waals surface area contributed by atoms with Crippen LogP contribution in [-0.4, -0.2) is 21.5 Å². The van der Waals surface area contributed by atoms with Gasteiger partial charge in [-0.25, -0.2) is 13.2 Å². The van der Waals surface area contributed by atoms with Crippen LogP contribution in [0.1, 0.15) is 15.9 Å². The van der Waals surface area contributed by atoms with Gasteiger partial charge in [0.25, 0.3) is 10.0 Å². The van der Waals surface area contributed by atoms with Crippen LogP contribution in [0.25, 0.3) is 0 Å². The summed E-state index contributed by atoms with van der Waals surface area (Å²) in [6, 6.07) is 11.7. The highest BCUT2D eigenvalue weighted by Gasteiger charge is 2.20. The Morgan fingerprint density at radius 1 is 1.26 bits per heavy atom. The second-order valence-corrected chi connectivity index (χ2v) is 6.49. The highest BCUT2D eigenvalue weighted by atomic mass is 35.5. The van der Waals surface area contributed by atoms with Crippen LogP contribution in [0.2, 0.25) is 5.02 Å². The maximum absolute atomic E-state index is 12.5. The molecule has 0 aliphatic rings. The normalized spacial score (nSPS) is 10.7. The molecule has 2 rings (SSSR count). The zero-order valence-electron chi connectivity index (χ0n) is 11.9. The molecule has 0 spiro atoms. The predicted molar refractivity (Wildman–Crippen MR) is 84.8 cm³/mol. The molecular formula is C15H11ClN2O4S. The smallest absolute Gasteiger partial charge is 0.337 e. The van der Waals surface area contributed by atoms with E-state index in [9.17, 15) is 13.2 Å². The summed E-state index contributed by atoms with van der Waals surface area (Å²) in [5.41, 5.74) is 0.575. The Labute approximate surface area is 138 Å². The highest BCUT2D eigenvalue weighted by molar-refractivity contribution is 7.92. The Morgan fingerprint density at radius 2 is 2.00 bits per heavy atom. The first kappa shape index (κ1) is 16.8. The molecule has 0 saturated heterocycles. The maximum atomic E-state index is 12.5. The van der Waals surface area contributed by atoms with Crippen LogP contribution >= 0.6 is 11.6 Å². The molecule has 0 aromatic heterocycles. The van der Waals surface area contributed by atoms with Crippen LogP contribution in [0.15, 0.2) is 47.4 Å². The number of halogens is 1. The second-order valence-electron chi connectivity index (χ2n) is 4.43. The molecular weight excluding hydrogens is 340 g/mol. The van der Waals surface area contributed by atoms with Gasteiger partial charge in [0.05, 0.1) is 35.0 Å². The van der Waals surface area contributed by atoms with Crippen LogP contribution in [0.4, 0.5) is 5.69 Å². The fourth-order valence-electron chi connectivity index (χ4n) is 1.82. The molecule has 0 aliphatic carbocycles. The first-order valence-corrected chi connectivity index (χ1v) is 8.14. The summed E-state index contributed by atoms with van der Waals surface area (Å²) in [6.07, 6.45) is 0. The van der Waals surface area contributed by atoms with E-state index < -0.39 is 16.0 Å². The van der Waals surface area contributed by atoms with Gasteiger partial charge in [-0.3, -0.25) is 4.72 Å². The lowest BCUT2D eigenvalue weighted by atomic mass is 10.2. The number of methoxy groups -OCH3 is 1. The average Bonchev–Trinajstić information content (AvgIpc) is 2.54. The third-order valence-corrected chi connectivity index (χ3v) is 4.75. The van der Waals surface area contributed by atoms with Crippen molar-refractivity contribution >= 4 is 33.3 Å². The Kier molecular flexibility index (Phi) is 4.89. The largest absolute Gasteiger partial charge is 0.465 e. The van der Waals surface area contributed by atoms with Crippen molar-refractivity contribution < 1.29 is 17.9 Å². The highest BCUT2D eigenvalue weighted by Crippen LogP contribution is 2.25. The number of nitrogens with zero attached hydrogens (tertiary/aromatic N) is 1. The molecule has 0 saturated carbocycles. The molecule has 23 heavy (non-hydrogen) atoms. The van der Waals surface area contributed by atoms with E-state index in [1.165, 1.54) is 31.4 Å². The van der Waals surface area contributed by atoms with Gasteiger partial charge in [0.1, 0.15) is 4.90 Å². The maximum Gasteiger partial charge on any atom is 0.337 e. The number of hydrogen-bond acceptors (Lipinski definition) is 5. The lowest BCUT2D eigenvalue weighted by molar-refractivity contribution is 0.0600. The van der Waals surface area contributed by atoms with E-state index in [1.807, 2.05) is 6.07 Å². The number of sulfonamides is 1. The monoisotopic (exact) mass is 350 g/mol. The van der Waals surface area contributed by atoms with E-state index in [0.717, 1.165) is 6.07 Å². The number of nitriles is 1. The number of ether oxygens (including phenoxy) is 1. The predicted octanol–water partition coefficient (Wildman–Crippen LogP) is 2.80. The summed E-state index contributed by atoms with van der Waals surface area (Å²) >= 11 is 5.93.